The molecule has 124 valence electrons. The van der Waals surface area contributed by atoms with E-state index in [1.165, 1.54) is 6.42 Å². The topological polar surface area (TPSA) is 64.2 Å². The molecule has 2 aromatic rings. The lowest BCUT2D eigenvalue weighted by molar-refractivity contribution is 0.100. The molecule has 1 amide bonds. The zero-order valence-corrected chi connectivity index (χ0v) is 14.2. The number of primary amides is 1. The fourth-order valence-corrected chi connectivity index (χ4v) is 3.73. The van der Waals surface area contributed by atoms with Crippen molar-refractivity contribution >= 4 is 16.9 Å². The summed E-state index contributed by atoms with van der Waals surface area (Å²) in [4.78, 5) is 19.1. The number of benzene rings is 1. The predicted octanol–water partition coefficient (Wildman–Crippen LogP) is 2.92. The van der Waals surface area contributed by atoms with Crippen LogP contribution in [-0.2, 0) is 0 Å². The second kappa shape index (κ2) is 6.32. The van der Waals surface area contributed by atoms with E-state index in [2.05, 4.69) is 30.2 Å². The van der Waals surface area contributed by atoms with Crippen LogP contribution in [0.2, 0.25) is 0 Å². The summed E-state index contributed by atoms with van der Waals surface area (Å²) in [5, 5.41) is 0. The molecule has 0 saturated carbocycles. The number of fused-ring (bicyclic) bond motifs is 1. The molecule has 1 aliphatic rings. The molecular formula is C18H26N4O. The van der Waals surface area contributed by atoms with Gasteiger partial charge >= 0.3 is 0 Å². The normalized spacial score (nSPS) is 19.0. The zero-order chi connectivity index (χ0) is 16.6. The monoisotopic (exact) mass is 314 g/mol. The zero-order valence-electron chi connectivity index (χ0n) is 14.2. The van der Waals surface area contributed by atoms with Gasteiger partial charge in [0.25, 0.3) is 5.91 Å². The SMILES string of the molecule is CCCN1CCC(c2nc3c(C(N)=O)cccc3n2C(C)C)C1. The van der Waals surface area contributed by atoms with Gasteiger partial charge in [0.2, 0.25) is 0 Å². The first-order valence-electron chi connectivity index (χ1n) is 8.56. The molecule has 1 saturated heterocycles. The molecule has 23 heavy (non-hydrogen) atoms. The minimum absolute atomic E-state index is 0.304. The third kappa shape index (κ3) is 2.85. The average Bonchev–Trinajstić information content (AvgIpc) is 3.10. The highest BCUT2D eigenvalue weighted by molar-refractivity contribution is 6.04. The van der Waals surface area contributed by atoms with Gasteiger partial charge in [0.1, 0.15) is 11.3 Å². The Morgan fingerprint density at radius 3 is 2.87 bits per heavy atom. The van der Waals surface area contributed by atoms with Gasteiger partial charge in [0.15, 0.2) is 0 Å². The van der Waals surface area contributed by atoms with E-state index in [1.54, 1.807) is 6.07 Å². The fourth-order valence-electron chi connectivity index (χ4n) is 3.73. The van der Waals surface area contributed by atoms with Gasteiger partial charge in [-0.25, -0.2) is 4.98 Å². The number of rotatable bonds is 5. The number of likely N-dealkylation sites (tertiary alicyclic amines) is 1. The molecule has 1 aromatic carbocycles. The maximum absolute atomic E-state index is 11.7. The number of nitrogens with zero attached hydrogens (tertiary/aromatic N) is 3. The standard InChI is InChI=1S/C18H26N4O/c1-4-9-21-10-8-13(11-21)18-20-16-14(17(19)23)6-5-7-15(16)22(18)12(2)3/h5-7,12-13H,4,8-11H2,1-3H3,(H2,19,23). The third-order valence-electron chi connectivity index (χ3n) is 4.71. The van der Waals surface area contributed by atoms with Crippen LogP contribution in [0.3, 0.4) is 0 Å². The van der Waals surface area contributed by atoms with Crippen LogP contribution in [0.25, 0.3) is 11.0 Å². The molecule has 0 radical (unpaired) electrons. The number of nitrogens with two attached hydrogens (primary N) is 1. The Morgan fingerprint density at radius 1 is 1.43 bits per heavy atom. The van der Waals surface area contributed by atoms with E-state index in [9.17, 15) is 4.79 Å². The van der Waals surface area contributed by atoms with Gasteiger partial charge in [-0.1, -0.05) is 13.0 Å². The van der Waals surface area contributed by atoms with E-state index in [0.29, 0.717) is 17.5 Å². The van der Waals surface area contributed by atoms with Gasteiger partial charge < -0.3 is 15.2 Å². The lowest BCUT2D eigenvalue weighted by Crippen LogP contribution is -2.22. The van der Waals surface area contributed by atoms with Crippen molar-refractivity contribution in [2.75, 3.05) is 19.6 Å². The Hall–Kier alpha value is -1.88. The number of carbonyl (C=O) groups is 1. The Bertz CT molecular complexity index is 719. The van der Waals surface area contributed by atoms with Crippen LogP contribution in [0, 0.1) is 0 Å². The molecule has 1 unspecified atom stereocenters. The Labute approximate surface area is 137 Å². The second-order valence-electron chi connectivity index (χ2n) is 6.76. The van der Waals surface area contributed by atoms with Crippen LogP contribution in [0.1, 0.15) is 61.8 Å². The van der Waals surface area contributed by atoms with E-state index >= 15 is 0 Å². The first-order valence-corrected chi connectivity index (χ1v) is 8.56. The number of amides is 1. The van der Waals surface area contributed by atoms with Crippen molar-refractivity contribution in [3.63, 3.8) is 0 Å². The lowest BCUT2D eigenvalue weighted by Gasteiger charge is -2.18. The van der Waals surface area contributed by atoms with Crippen molar-refractivity contribution in [1.29, 1.82) is 0 Å². The van der Waals surface area contributed by atoms with Crippen LogP contribution in [0.5, 0.6) is 0 Å². The van der Waals surface area contributed by atoms with E-state index in [0.717, 1.165) is 42.9 Å². The summed E-state index contributed by atoms with van der Waals surface area (Å²) < 4.78 is 2.28. The van der Waals surface area contributed by atoms with Gasteiger partial charge in [-0.3, -0.25) is 4.79 Å². The highest BCUT2D eigenvalue weighted by Crippen LogP contribution is 2.32. The lowest BCUT2D eigenvalue weighted by atomic mass is 10.1. The van der Waals surface area contributed by atoms with Crippen LogP contribution in [-0.4, -0.2) is 40.0 Å². The van der Waals surface area contributed by atoms with Gasteiger partial charge in [0.05, 0.1) is 11.1 Å². The average molecular weight is 314 g/mol. The summed E-state index contributed by atoms with van der Waals surface area (Å²) in [7, 11) is 0. The fraction of sp³-hybridized carbons (Fsp3) is 0.556. The molecule has 3 rings (SSSR count). The number of para-hydroxylation sites is 1. The molecule has 1 aromatic heterocycles. The van der Waals surface area contributed by atoms with E-state index < -0.39 is 5.91 Å². The molecule has 1 fully saturated rings. The van der Waals surface area contributed by atoms with Gasteiger partial charge in [-0.05, 0) is 51.9 Å². The summed E-state index contributed by atoms with van der Waals surface area (Å²) >= 11 is 0. The Balaban J connectivity index is 2.08. The van der Waals surface area contributed by atoms with Crippen molar-refractivity contribution < 1.29 is 4.79 Å². The van der Waals surface area contributed by atoms with E-state index in [1.807, 2.05) is 12.1 Å². The van der Waals surface area contributed by atoms with Crippen LogP contribution >= 0.6 is 0 Å². The van der Waals surface area contributed by atoms with E-state index in [4.69, 9.17) is 10.7 Å². The summed E-state index contributed by atoms with van der Waals surface area (Å²) in [6.07, 6.45) is 2.31. The summed E-state index contributed by atoms with van der Waals surface area (Å²) in [6, 6.07) is 6.00. The van der Waals surface area contributed by atoms with Crippen molar-refractivity contribution in [1.82, 2.24) is 14.5 Å². The number of hydrogen-bond acceptors (Lipinski definition) is 3. The number of carbonyl (C=O) groups excluding carboxylic acids is 1. The maximum atomic E-state index is 11.7. The highest BCUT2D eigenvalue weighted by Gasteiger charge is 2.29. The van der Waals surface area contributed by atoms with Crippen LogP contribution < -0.4 is 5.73 Å². The molecule has 1 aliphatic heterocycles. The molecule has 0 spiro atoms. The molecule has 2 N–H and O–H groups in total. The van der Waals surface area contributed by atoms with Crippen LogP contribution in [0.15, 0.2) is 18.2 Å². The van der Waals surface area contributed by atoms with Gasteiger partial charge in [-0.15, -0.1) is 0 Å². The number of hydrogen-bond donors (Lipinski definition) is 1. The van der Waals surface area contributed by atoms with E-state index in [-0.39, 0.29) is 0 Å². The molecular weight excluding hydrogens is 288 g/mol. The number of imidazole rings is 1. The smallest absolute Gasteiger partial charge is 0.250 e. The van der Waals surface area contributed by atoms with Crippen molar-refractivity contribution in [2.24, 2.45) is 5.73 Å². The second-order valence-corrected chi connectivity index (χ2v) is 6.76. The molecule has 5 nitrogen and oxygen atoms in total. The highest BCUT2D eigenvalue weighted by atomic mass is 16.1. The first kappa shape index (κ1) is 16.0. The van der Waals surface area contributed by atoms with Crippen molar-refractivity contribution in [3.8, 4) is 0 Å². The van der Waals surface area contributed by atoms with Gasteiger partial charge in [0, 0.05) is 18.5 Å². The molecule has 0 aliphatic carbocycles. The van der Waals surface area contributed by atoms with Crippen molar-refractivity contribution in [3.05, 3.63) is 29.6 Å². The Kier molecular flexibility index (Phi) is 4.39. The largest absolute Gasteiger partial charge is 0.366 e. The van der Waals surface area contributed by atoms with Crippen LogP contribution in [0.4, 0.5) is 0 Å². The molecule has 5 heteroatoms. The molecule has 0 bridgehead atoms. The minimum Gasteiger partial charge on any atom is -0.366 e. The summed E-state index contributed by atoms with van der Waals surface area (Å²) in [5.41, 5.74) is 7.82. The molecule has 1 atom stereocenters. The summed E-state index contributed by atoms with van der Waals surface area (Å²) in [5.74, 6) is 1.12. The third-order valence-corrected chi connectivity index (χ3v) is 4.71. The quantitative estimate of drug-likeness (QED) is 0.923. The summed E-state index contributed by atoms with van der Waals surface area (Å²) in [6.45, 7) is 9.87. The molecule has 2 heterocycles. The van der Waals surface area contributed by atoms with Gasteiger partial charge in [-0.2, -0.15) is 0 Å². The first-order chi connectivity index (χ1) is 11.0. The maximum Gasteiger partial charge on any atom is 0.250 e. The predicted molar refractivity (Wildman–Crippen MR) is 92.7 cm³/mol. The Morgan fingerprint density at radius 2 is 2.22 bits per heavy atom. The number of aromatic nitrogens is 2. The van der Waals surface area contributed by atoms with Crippen molar-refractivity contribution in [2.45, 2.75) is 45.6 Å². The minimum atomic E-state index is -0.408.